The van der Waals surface area contributed by atoms with E-state index in [1.807, 2.05) is 0 Å². The molecule has 108 valence electrons. The summed E-state index contributed by atoms with van der Waals surface area (Å²) in [4.78, 5) is 0.0663. The third-order valence-electron chi connectivity index (χ3n) is 2.56. The van der Waals surface area contributed by atoms with Gasteiger partial charge in [0.2, 0.25) is 10.0 Å². The number of rotatable bonds is 6. The van der Waals surface area contributed by atoms with Crippen molar-refractivity contribution in [3.05, 3.63) is 28.2 Å². The Morgan fingerprint density at radius 1 is 1.21 bits per heavy atom. The smallest absolute Gasteiger partial charge is 0.243 e. The zero-order valence-corrected chi connectivity index (χ0v) is 13.1. The highest BCUT2D eigenvalue weighted by atomic mass is 35.5. The van der Waals surface area contributed by atoms with E-state index in [0.717, 1.165) is 0 Å². The molecule has 0 aliphatic heterocycles. The lowest BCUT2D eigenvalue weighted by Gasteiger charge is -2.25. The number of hydrogen-bond donors (Lipinski definition) is 1. The maximum absolute atomic E-state index is 12.5. The van der Waals surface area contributed by atoms with Gasteiger partial charge in [-0.1, -0.05) is 23.2 Å². The van der Waals surface area contributed by atoms with Gasteiger partial charge in [-0.05, 0) is 38.5 Å². The molecule has 0 fully saturated rings. The molecule has 0 saturated carbocycles. The van der Waals surface area contributed by atoms with Crippen LogP contribution in [-0.4, -0.2) is 37.0 Å². The lowest BCUT2D eigenvalue weighted by atomic mass is 10.3. The second kappa shape index (κ2) is 6.90. The number of halogens is 2. The Hall–Kier alpha value is -0.330. The van der Waals surface area contributed by atoms with Crippen LogP contribution in [0.4, 0.5) is 0 Å². The van der Waals surface area contributed by atoms with E-state index < -0.39 is 10.0 Å². The molecule has 0 atom stereocenters. The van der Waals surface area contributed by atoms with Gasteiger partial charge in [-0.25, -0.2) is 8.42 Å². The third kappa shape index (κ3) is 4.33. The summed E-state index contributed by atoms with van der Waals surface area (Å²) in [5.74, 6) is 0. The zero-order valence-electron chi connectivity index (χ0n) is 10.8. The minimum Gasteiger partial charge on any atom is -0.396 e. The average Bonchev–Trinajstić information content (AvgIpc) is 2.27. The molecule has 0 unspecified atom stereocenters. The number of aliphatic hydroxyl groups excluding tert-OH is 1. The van der Waals surface area contributed by atoms with Crippen molar-refractivity contribution in [1.29, 1.82) is 0 Å². The summed E-state index contributed by atoms with van der Waals surface area (Å²) in [5, 5.41) is 9.41. The Bertz CT molecular complexity index is 512. The molecule has 0 saturated heterocycles. The molecule has 0 aromatic heterocycles. The first kappa shape index (κ1) is 16.7. The highest BCUT2D eigenvalue weighted by Gasteiger charge is 2.27. The van der Waals surface area contributed by atoms with Crippen LogP contribution < -0.4 is 0 Å². The summed E-state index contributed by atoms with van der Waals surface area (Å²) in [6, 6.07) is 4.01. The summed E-state index contributed by atoms with van der Waals surface area (Å²) in [5.41, 5.74) is 0. The molecule has 1 aromatic rings. The standard InChI is InChI=1S/C12H17Cl2NO3S/c1-9(2)15(4-3-5-16)19(17,18)12-7-10(13)6-11(14)8-12/h6-9,16H,3-5H2,1-2H3. The molecule has 0 aliphatic rings. The van der Waals surface area contributed by atoms with Gasteiger partial charge in [-0.2, -0.15) is 4.31 Å². The van der Waals surface area contributed by atoms with E-state index in [-0.39, 0.29) is 34.1 Å². The van der Waals surface area contributed by atoms with Crippen LogP contribution in [0, 0.1) is 0 Å². The van der Waals surface area contributed by atoms with Crippen LogP contribution >= 0.6 is 23.2 Å². The molecule has 19 heavy (non-hydrogen) atoms. The fraction of sp³-hybridized carbons (Fsp3) is 0.500. The van der Waals surface area contributed by atoms with Crippen LogP contribution in [-0.2, 0) is 10.0 Å². The van der Waals surface area contributed by atoms with E-state index in [0.29, 0.717) is 6.42 Å². The van der Waals surface area contributed by atoms with Crippen LogP contribution in [0.15, 0.2) is 23.1 Å². The predicted molar refractivity (Wildman–Crippen MR) is 77.2 cm³/mol. The first-order valence-corrected chi connectivity index (χ1v) is 8.07. The van der Waals surface area contributed by atoms with Crippen molar-refractivity contribution < 1.29 is 13.5 Å². The van der Waals surface area contributed by atoms with E-state index in [4.69, 9.17) is 28.3 Å². The van der Waals surface area contributed by atoms with E-state index in [1.54, 1.807) is 13.8 Å². The lowest BCUT2D eigenvalue weighted by Crippen LogP contribution is -2.38. The monoisotopic (exact) mass is 325 g/mol. The van der Waals surface area contributed by atoms with Crippen molar-refractivity contribution in [2.75, 3.05) is 13.2 Å². The fourth-order valence-corrected chi connectivity index (χ4v) is 4.10. The average molecular weight is 326 g/mol. The molecular weight excluding hydrogens is 309 g/mol. The number of hydrogen-bond acceptors (Lipinski definition) is 3. The first-order valence-electron chi connectivity index (χ1n) is 5.88. The highest BCUT2D eigenvalue weighted by Crippen LogP contribution is 2.25. The minimum atomic E-state index is -3.66. The molecule has 0 radical (unpaired) electrons. The van der Waals surface area contributed by atoms with Gasteiger partial charge in [0.15, 0.2) is 0 Å². The Kier molecular flexibility index (Phi) is 6.08. The van der Waals surface area contributed by atoms with Crippen LogP contribution in [0.2, 0.25) is 10.0 Å². The van der Waals surface area contributed by atoms with Crippen molar-refractivity contribution >= 4 is 33.2 Å². The quantitative estimate of drug-likeness (QED) is 0.874. The Morgan fingerprint density at radius 2 is 1.74 bits per heavy atom. The molecule has 1 N–H and O–H groups in total. The summed E-state index contributed by atoms with van der Waals surface area (Å²) < 4.78 is 26.3. The van der Waals surface area contributed by atoms with Crippen LogP contribution in [0.5, 0.6) is 0 Å². The van der Waals surface area contributed by atoms with Gasteiger partial charge in [0.1, 0.15) is 0 Å². The highest BCUT2D eigenvalue weighted by molar-refractivity contribution is 7.89. The molecule has 7 heteroatoms. The van der Waals surface area contributed by atoms with Crippen molar-refractivity contribution in [3.8, 4) is 0 Å². The van der Waals surface area contributed by atoms with Crippen LogP contribution in [0.1, 0.15) is 20.3 Å². The molecule has 1 aromatic carbocycles. The SMILES string of the molecule is CC(C)N(CCCO)S(=O)(=O)c1cc(Cl)cc(Cl)c1. The number of aliphatic hydroxyl groups is 1. The molecule has 0 spiro atoms. The second-order valence-corrected chi connectivity index (χ2v) is 7.16. The van der Waals surface area contributed by atoms with Gasteiger partial charge < -0.3 is 5.11 Å². The molecule has 4 nitrogen and oxygen atoms in total. The molecule has 1 rings (SSSR count). The van der Waals surface area contributed by atoms with Crippen LogP contribution in [0.25, 0.3) is 0 Å². The van der Waals surface area contributed by atoms with Crippen molar-refractivity contribution in [3.63, 3.8) is 0 Å². The van der Waals surface area contributed by atoms with Gasteiger partial charge >= 0.3 is 0 Å². The van der Waals surface area contributed by atoms with Gasteiger partial charge in [0.05, 0.1) is 4.90 Å². The molecule has 0 aliphatic carbocycles. The maximum Gasteiger partial charge on any atom is 0.243 e. The molecule has 0 bridgehead atoms. The van der Waals surface area contributed by atoms with Crippen LogP contribution in [0.3, 0.4) is 0 Å². The van der Waals surface area contributed by atoms with Crippen molar-refractivity contribution in [2.24, 2.45) is 0 Å². The summed E-state index contributed by atoms with van der Waals surface area (Å²) in [6.07, 6.45) is 0.381. The largest absolute Gasteiger partial charge is 0.396 e. The number of benzene rings is 1. The van der Waals surface area contributed by atoms with Gasteiger partial charge in [-0.3, -0.25) is 0 Å². The minimum absolute atomic E-state index is 0.0605. The van der Waals surface area contributed by atoms with Gasteiger partial charge in [0, 0.05) is 29.2 Å². The second-order valence-electron chi connectivity index (χ2n) is 4.39. The molecule has 0 amide bonds. The zero-order chi connectivity index (χ0) is 14.6. The maximum atomic E-state index is 12.5. The normalized spacial score (nSPS) is 12.4. The Balaban J connectivity index is 3.18. The van der Waals surface area contributed by atoms with E-state index in [9.17, 15) is 8.42 Å². The number of nitrogens with zero attached hydrogens (tertiary/aromatic N) is 1. The topological polar surface area (TPSA) is 57.6 Å². The molecule has 0 heterocycles. The summed E-state index contributed by atoms with van der Waals surface area (Å²) >= 11 is 11.7. The Morgan fingerprint density at radius 3 is 2.16 bits per heavy atom. The van der Waals surface area contributed by atoms with E-state index in [2.05, 4.69) is 0 Å². The summed E-state index contributed by atoms with van der Waals surface area (Å²) in [7, 11) is -3.66. The van der Waals surface area contributed by atoms with Gasteiger partial charge in [0.25, 0.3) is 0 Å². The predicted octanol–water partition coefficient (Wildman–Crippen LogP) is 2.77. The fourth-order valence-electron chi connectivity index (χ4n) is 1.70. The van der Waals surface area contributed by atoms with Gasteiger partial charge in [-0.15, -0.1) is 0 Å². The first-order chi connectivity index (χ1) is 8.78. The van der Waals surface area contributed by atoms with Crippen molar-refractivity contribution in [2.45, 2.75) is 31.2 Å². The lowest BCUT2D eigenvalue weighted by molar-refractivity contribution is 0.258. The summed E-state index contributed by atoms with van der Waals surface area (Å²) in [6.45, 7) is 3.75. The van der Waals surface area contributed by atoms with E-state index >= 15 is 0 Å². The molecular formula is C12H17Cl2NO3S. The number of sulfonamides is 1. The van der Waals surface area contributed by atoms with E-state index in [1.165, 1.54) is 22.5 Å². The third-order valence-corrected chi connectivity index (χ3v) is 5.04. The Labute approximate surface area is 124 Å². The van der Waals surface area contributed by atoms with Crippen molar-refractivity contribution in [1.82, 2.24) is 4.31 Å².